The SMILES string of the molecule is C=CCOc1ccc(C2C(=C(O)c3nc4c(C)cccn4c3C)C(=O)C(=O)N2c2nnc(SCc3ccc(Cl)cc3Cl)s2)cc1. The number of imidazole rings is 1. The number of hydrogen-bond acceptors (Lipinski definition) is 9. The third kappa shape index (κ3) is 5.84. The summed E-state index contributed by atoms with van der Waals surface area (Å²) in [5.41, 5.74) is 3.70. The highest BCUT2D eigenvalue weighted by atomic mass is 35.5. The number of ether oxygens (including phenoxy) is 1. The number of halogens is 2. The van der Waals surface area contributed by atoms with Crippen LogP contribution < -0.4 is 9.64 Å². The summed E-state index contributed by atoms with van der Waals surface area (Å²) < 4.78 is 8.03. The van der Waals surface area contributed by atoms with Gasteiger partial charge in [0.1, 0.15) is 23.7 Å². The third-order valence-corrected chi connectivity index (χ3v) is 9.98. The van der Waals surface area contributed by atoms with E-state index in [0.717, 1.165) is 22.5 Å². The molecule has 1 saturated heterocycles. The van der Waals surface area contributed by atoms with Gasteiger partial charge in [-0.1, -0.05) is 83.2 Å². The van der Waals surface area contributed by atoms with E-state index >= 15 is 0 Å². The Bertz CT molecular complexity index is 2000. The number of thioether (sulfide) groups is 1. The molecule has 1 fully saturated rings. The quantitative estimate of drug-likeness (QED) is 0.0424. The van der Waals surface area contributed by atoms with Gasteiger partial charge in [0, 0.05) is 22.0 Å². The first-order chi connectivity index (χ1) is 21.7. The molecule has 1 amide bonds. The molecule has 0 saturated carbocycles. The van der Waals surface area contributed by atoms with Crippen LogP contribution >= 0.6 is 46.3 Å². The van der Waals surface area contributed by atoms with Crippen molar-refractivity contribution in [3.05, 3.63) is 117 Å². The van der Waals surface area contributed by atoms with Gasteiger partial charge in [0.2, 0.25) is 5.13 Å². The minimum absolute atomic E-state index is 0.0960. The van der Waals surface area contributed by atoms with E-state index in [-0.39, 0.29) is 22.2 Å². The second kappa shape index (κ2) is 12.7. The number of carbonyl (C=O) groups is 2. The Hall–Kier alpha value is -4.16. The largest absolute Gasteiger partial charge is 0.505 e. The van der Waals surface area contributed by atoms with Gasteiger partial charge in [0.25, 0.3) is 5.78 Å². The predicted octanol–water partition coefficient (Wildman–Crippen LogP) is 7.59. The number of Topliss-reactive ketones (excluding diaryl/α,β-unsaturated/α-hetero) is 1. The van der Waals surface area contributed by atoms with Crippen molar-refractivity contribution in [1.29, 1.82) is 0 Å². The number of rotatable bonds is 9. The fourth-order valence-corrected chi connectivity index (χ4v) is 7.48. The highest BCUT2D eigenvalue weighted by molar-refractivity contribution is 8.00. The molecule has 228 valence electrons. The summed E-state index contributed by atoms with van der Waals surface area (Å²) in [5, 5.41) is 21.6. The third-order valence-electron chi connectivity index (χ3n) is 7.28. The Balaban J connectivity index is 1.42. The normalized spacial score (nSPS) is 16.1. The first-order valence-corrected chi connectivity index (χ1v) is 16.2. The van der Waals surface area contributed by atoms with Crippen molar-refractivity contribution in [1.82, 2.24) is 19.6 Å². The first-order valence-electron chi connectivity index (χ1n) is 13.7. The summed E-state index contributed by atoms with van der Waals surface area (Å²) in [6, 6.07) is 15.0. The average molecular weight is 679 g/mol. The minimum atomic E-state index is -1.000. The van der Waals surface area contributed by atoms with E-state index in [1.165, 1.54) is 16.7 Å². The van der Waals surface area contributed by atoms with Crippen molar-refractivity contribution in [2.45, 2.75) is 30.0 Å². The molecule has 0 bridgehead atoms. The Morgan fingerprint density at radius 1 is 1.13 bits per heavy atom. The Morgan fingerprint density at radius 3 is 2.62 bits per heavy atom. The number of carbonyl (C=O) groups excluding carboxylic acids is 2. The molecule has 45 heavy (non-hydrogen) atoms. The molecule has 0 spiro atoms. The van der Waals surface area contributed by atoms with Gasteiger partial charge in [0.05, 0.1) is 17.3 Å². The van der Waals surface area contributed by atoms with Crippen LogP contribution in [-0.2, 0) is 15.3 Å². The molecule has 5 aromatic rings. The minimum Gasteiger partial charge on any atom is -0.505 e. The van der Waals surface area contributed by atoms with Crippen molar-refractivity contribution in [3.63, 3.8) is 0 Å². The molecule has 1 N–H and O–H groups in total. The van der Waals surface area contributed by atoms with Crippen LogP contribution in [0.1, 0.15) is 34.1 Å². The predicted molar refractivity (Wildman–Crippen MR) is 178 cm³/mol. The van der Waals surface area contributed by atoms with E-state index in [4.69, 9.17) is 27.9 Å². The molecule has 0 aliphatic carbocycles. The number of anilines is 1. The molecular weight excluding hydrogens is 653 g/mol. The number of aryl methyl sites for hydroxylation is 2. The number of aliphatic hydroxyl groups excluding tert-OH is 1. The molecule has 6 rings (SSSR count). The van der Waals surface area contributed by atoms with Gasteiger partial charge in [-0.2, -0.15) is 0 Å². The monoisotopic (exact) mass is 677 g/mol. The Labute approximate surface area is 276 Å². The van der Waals surface area contributed by atoms with E-state index in [1.807, 2.05) is 35.7 Å². The fourth-order valence-electron chi connectivity index (χ4n) is 5.06. The van der Waals surface area contributed by atoms with Gasteiger partial charge in [-0.25, -0.2) is 4.98 Å². The number of amides is 1. The van der Waals surface area contributed by atoms with Crippen LogP contribution in [0, 0.1) is 13.8 Å². The highest BCUT2D eigenvalue weighted by Gasteiger charge is 2.49. The van der Waals surface area contributed by atoms with E-state index < -0.39 is 17.7 Å². The number of fused-ring (bicyclic) bond motifs is 1. The van der Waals surface area contributed by atoms with Crippen LogP contribution in [0.2, 0.25) is 10.0 Å². The summed E-state index contributed by atoms with van der Waals surface area (Å²) in [4.78, 5) is 33.3. The lowest BCUT2D eigenvalue weighted by molar-refractivity contribution is -0.132. The van der Waals surface area contributed by atoms with Gasteiger partial charge in [-0.15, -0.1) is 10.2 Å². The van der Waals surface area contributed by atoms with Gasteiger partial charge in [-0.05, 0) is 60.9 Å². The molecule has 9 nitrogen and oxygen atoms in total. The van der Waals surface area contributed by atoms with Gasteiger partial charge in [0.15, 0.2) is 10.1 Å². The second-order valence-corrected chi connectivity index (χ2v) is 13.2. The second-order valence-electron chi connectivity index (χ2n) is 10.1. The number of hydrogen-bond donors (Lipinski definition) is 1. The van der Waals surface area contributed by atoms with E-state index in [9.17, 15) is 14.7 Å². The molecule has 2 aromatic carbocycles. The number of aromatic nitrogens is 4. The highest BCUT2D eigenvalue weighted by Crippen LogP contribution is 2.44. The topological polar surface area (TPSA) is 110 Å². The van der Waals surface area contributed by atoms with Crippen molar-refractivity contribution >= 4 is 74.5 Å². The fraction of sp³-hybridized carbons (Fsp3) is 0.156. The van der Waals surface area contributed by atoms with Crippen molar-refractivity contribution < 1.29 is 19.4 Å². The lowest BCUT2D eigenvalue weighted by atomic mass is 9.96. The molecular formula is C32H25Cl2N5O4S2. The zero-order chi connectivity index (χ0) is 31.8. The molecule has 3 aromatic heterocycles. The maximum atomic E-state index is 13.7. The number of pyridine rings is 1. The van der Waals surface area contributed by atoms with Crippen LogP contribution in [0.4, 0.5) is 5.13 Å². The van der Waals surface area contributed by atoms with E-state index in [0.29, 0.717) is 49.4 Å². The van der Waals surface area contributed by atoms with Crippen molar-refractivity contribution in [3.8, 4) is 5.75 Å². The first kappa shape index (κ1) is 30.8. The summed E-state index contributed by atoms with van der Waals surface area (Å²) in [6.45, 7) is 7.69. The van der Waals surface area contributed by atoms with Crippen molar-refractivity contribution in [2.75, 3.05) is 11.5 Å². The molecule has 1 atom stereocenters. The van der Waals surface area contributed by atoms with Crippen LogP contribution in [0.25, 0.3) is 11.4 Å². The van der Waals surface area contributed by atoms with E-state index in [2.05, 4.69) is 21.8 Å². The summed E-state index contributed by atoms with van der Waals surface area (Å²) in [7, 11) is 0. The van der Waals surface area contributed by atoms with Crippen molar-refractivity contribution in [2.24, 2.45) is 0 Å². The molecule has 13 heteroatoms. The van der Waals surface area contributed by atoms with Gasteiger partial charge in [-0.3, -0.25) is 14.5 Å². The summed E-state index contributed by atoms with van der Waals surface area (Å²) in [6.07, 6.45) is 3.46. The Morgan fingerprint density at radius 2 is 1.91 bits per heavy atom. The van der Waals surface area contributed by atoms with Crippen LogP contribution in [0.15, 0.2) is 83.4 Å². The van der Waals surface area contributed by atoms with Gasteiger partial charge >= 0.3 is 5.91 Å². The molecule has 1 aliphatic rings. The average Bonchev–Trinajstić information content (AvgIpc) is 3.71. The lowest BCUT2D eigenvalue weighted by Crippen LogP contribution is -2.29. The summed E-state index contributed by atoms with van der Waals surface area (Å²) in [5.74, 6) is -0.983. The molecule has 1 unspecified atom stereocenters. The van der Waals surface area contributed by atoms with E-state index in [1.54, 1.807) is 49.4 Å². The number of aliphatic hydroxyl groups is 1. The number of ketones is 1. The summed E-state index contributed by atoms with van der Waals surface area (Å²) >= 11 is 14.9. The Kier molecular flexibility index (Phi) is 8.69. The molecule has 4 heterocycles. The zero-order valence-corrected chi connectivity index (χ0v) is 27.2. The lowest BCUT2D eigenvalue weighted by Gasteiger charge is -2.22. The maximum absolute atomic E-state index is 13.7. The maximum Gasteiger partial charge on any atom is 0.301 e. The van der Waals surface area contributed by atoms with Crippen LogP contribution in [0.3, 0.4) is 0 Å². The molecule has 1 aliphatic heterocycles. The van der Waals surface area contributed by atoms with Crippen LogP contribution in [-0.4, -0.2) is 43.0 Å². The number of benzene rings is 2. The van der Waals surface area contributed by atoms with Gasteiger partial charge < -0.3 is 14.2 Å². The smallest absolute Gasteiger partial charge is 0.301 e. The molecule has 0 radical (unpaired) electrons. The van der Waals surface area contributed by atoms with Crippen LogP contribution in [0.5, 0.6) is 5.75 Å². The number of nitrogens with zero attached hydrogens (tertiary/aromatic N) is 5. The standard InChI is InChI=1S/C32H25Cl2N5O4S2/c1-4-14-43-22-11-8-19(9-12-22)26-24(27(40)25-18(3)38-13-5-6-17(2)29(38)35-25)28(41)30(42)39(26)31-36-37-32(45-31)44-16-20-7-10-21(33)15-23(20)34/h4-13,15,26,40H,1,14,16H2,2-3H3. The zero-order valence-electron chi connectivity index (χ0n) is 24.0.